The second-order valence-corrected chi connectivity index (χ2v) is 6.78. The van der Waals surface area contributed by atoms with Crippen LogP contribution in [0.15, 0.2) is 30.5 Å². The van der Waals surface area contributed by atoms with E-state index in [0.29, 0.717) is 22.9 Å². The second-order valence-electron chi connectivity index (χ2n) is 6.78. The van der Waals surface area contributed by atoms with E-state index in [1.165, 1.54) is 0 Å². The van der Waals surface area contributed by atoms with Gasteiger partial charge in [0.1, 0.15) is 17.0 Å². The number of nitrogens with one attached hydrogen (secondary N) is 1. The zero-order chi connectivity index (χ0) is 19.7. The molecule has 8 heteroatoms. The van der Waals surface area contributed by atoms with E-state index in [1.807, 2.05) is 13.1 Å². The summed E-state index contributed by atoms with van der Waals surface area (Å²) in [6, 6.07) is 7.01. The lowest BCUT2D eigenvalue weighted by Crippen LogP contribution is -2.20. The molecule has 1 N–H and O–H groups in total. The third-order valence-electron chi connectivity index (χ3n) is 4.85. The lowest BCUT2D eigenvalue weighted by Gasteiger charge is -2.17. The molecular weight excluding hydrogens is 358 g/mol. The topological polar surface area (TPSA) is 81.0 Å². The average Bonchev–Trinajstić information content (AvgIpc) is 3.37. The number of rotatable bonds is 5. The molecule has 3 heterocycles. The van der Waals surface area contributed by atoms with Crippen LogP contribution in [0, 0.1) is 6.92 Å². The quantitative estimate of drug-likeness (QED) is 0.732. The van der Waals surface area contributed by atoms with E-state index < -0.39 is 0 Å². The van der Waals surface area contributed by atoms with Gasteiger partial charge >= 0.3 is 0 Å². The fraction of sp³-hybridized carbons (Fsp3) is 0.350. The highest BCUT2D eigenvalue weighted by molar-refractivity contribution is 6.04. The highest BCUT2D eigenvalue weighted by Crippen LogP contribution is 2.30. The highest BCUT2D eigenvalue weighted by atomic mass is 16.5. The molecule has 28 heavy (non-hydrogen) atoms. The molecular formula is C20H23N5O3. The zero-order valence-corrected chi connectivity index (χ0v) is 16.2. The molecule has 1 aliphatic rings. The summed E-state index contributed by atoms with van der Waals surface area (Å²) < 4.78 is 12.3. The molecule has 1 aromatic carbocycles. The third kappa shape index (κ3) is 3.33. The summed E-state index contributed by atoms with van der Waals surface area (Å²) in [6.07, 6.45) is 4.14. The van der Waals surface area contributed by atoms with Crippen molar-refractivity contribution >= 4 is 22.9 Å². The molecule has 0 bridgehead atoms. The number of nitrogens with zero attached hydrogens (tertiary/aromatic N) is 4. The number of amides is 1. The first-order valence-electron chi connectivity index (χ1n) is 9.24. The maximum Gasteiger partial charge on any atom is 0.276 e. The van der Waals surface area contributed by atoms with Crippen LogP contribution >= 0.6 is 0 Å². The molecule has 1 amide bonds. The first-order valence-corrected chi connectivity index (χ1v) is 9.24. The Hall–Kier alpha value is -3.29. The summed E-state index contributed by atoms with van der Waals surface area (Å²) in [6.45, 7) is 3.88. The first-order chi connectivity index (χ1) is 13.6. The minimum Gasteiger partial charge on any atom is -0.497 e. The lowest BCUT2D eigenvalue weighted by molar-refractivity contribution is 0.102. The van der Waals surface area contributed by atoms with Crippen LogP contribution < -0.4 is 19.7 Å². The monoisotopic (exact) mass is 381 g/mol. The SMILES string of the molecule is COc1ccc(NC(=O)c2cc3c(N4CCCC4)nc(C)cn3n2)c(OC)c1. The van der Waals surface area contributed by atoms with Crippen LogP contribution in [0.25, 0.3) is 5.52 Å². The van der Waals surface area contributed by atoms with E-state index in [2.05, 4.69) is 20.3 Å². The summed E-state index contributed by atoms with van der Waals surface area (Å²) in [4.78, 5) is 19.8. The van der Waals surface area contributed by atoms with Gasteiger partial charge in [-0.15, -0.1) is 0 Å². The van der Waals surface area contributed by atoms with Crippen LogP contribution in [0.3, 0.4) is 0 Å². The number of ether oxygens (including phenoxy) is 2. The Morgan fingerprint density at radius 3 is 2.64 bits per heavy atom. The van der Waals surface area contributed by atoms with Crippen molar-refractivity contribution < 1.29 is 14.3 Å². The smallest absolute Gasteiger partial charge is 0.276 e. The minimum atomic E-state index is -0.308. The standard InChI is InChI=1S/C20H23N5O3/c1-13-12-25-17(19(21-13)24-8-4-5-9-24)11-16(23-25)20(26)22-15-7-6-14(27-2)10-18(15)28-3/h6-7,10-12H,4-5,8-9H2,1-3H3,(H,22,26). The van der Waals surface area contributed by atoms with E-state index >= 15 is 0 Å². The Balaban J connectivity index is 1.66. The molecule has 0 aliphatic carbocycles. The summed E-state index contributed by atoms with van der Waals surface area (Å²) in [5.41, 5.74) is 2.57. The van der Waals surface area contributed by atoms with Gasteiger partial charge in [0, 0.05) is 25.2 Å². The van der Waals surface area contributed by atoms with Crippen LogP contribution in [0.5, 0.6) is 11.5 Å². The number of aryl methyl sites for hydroxylation is 1. The molecule has 1 saturated heterocycles. The summed E-state index contributed by atoms with van der Waals surface area (Å²) in [5, 5.41) is 7.33. The maximum absolute atomic E-state index is 12.8. The van der Waals surface area contributed by atoms with Gasteiger partial charge in [-0.3, -0.25) is 4.79 Å². The molecule has 4 rings (SSSR count). The predicted molar refractivity (Wildman–Crippen MR) is 107 cm³/mol. The number of hydrogen-bond donors (Lipinski definition) is 1. The van der Waals surface area contributed by atoms with Crippen molar-refractivity contribution in [1.29, 1.82) is 0 Å². The first kappa shape index (κ1) is 18.1. The third-order valence-corrected chi connectivity index (χ3v) is 4.85. The number of benzene rings is 1. The molecule has 2 aromatic heterocycles. The van der Waals surface area contributed by atoms with Crippen LogP contribution in [-0.2, 0) is 0 Å². The molecule has 1 fully saturated rings. The number of fused-ring (bicyclic) bond motifs is 1. The van der Waals surface area contributed by atoms with Crippen molar-refractivity contribution in [2.24, 2.45) is 0 Å². The van der Waals surface area contributed by atoms with Gasteiger partial charge in [-0.2, -0.15) is 5.10 Å². The van der Waals surface area contributed by atoms with Gasteiger partial charge in [0.05, 0.1) is 31.8 Å². The van der Waals surface area contributed by atoms with E-state index in [1.54, 1.807) is 43.0 Å². The van der Waals surface area contributed by atoms with Crippen molar-refractivity contribution in [3.63, 3.8) is 0 Å². The molecule has 146 valence electrons. The zero-order valence-electron chi connectivity index (χ0n) is 16.2. The van der Waals surface area contributed by atoms with E-state index in [9.17, 15) is 4.79 Å². The minimum absolute atomic E-state index is 0.308. The van der Waals surface area contributed by atoms with Gasteiger partial charge in [-0.25, -0.2) is 9.50 Å². The molecule has 0 radical (unpaired) electrons. The lowest BCUT2D eigenvalue weighted by atomic mass is 10.2. The van der Waals surface area contributed by atoms with Crippen molar-refractivity contribution in [3.8, 4) is 11.5 Å². The summed E-state index contributed by atoms with van der Waals surface area (Å²) in [7, 11) is 3.13. The van der Waals surface area contributed by atoms with Crippen molar-refractivity contribution in [2.75, 3.05) is 37.5 Å². The van der Waals surface area contributed by atoms with Crippen molar-refractivity contribution in [1.82, 2.24) is 14.6 Å². The molecule has 0 atom stereocenters. The summed E-state index contributed by atoms with van der Waals surface area (Å²) in [5.74, 6) is 1.74. The van der Waals surface area contributed by atoms with Gasteiger partial charge in [0.15, 0.2) is 11.5 Å². The van der Waals surface area contributed by atoms with Gasteiger partial charge in [-0.05, 0) is 31.9 Å². The Labute approximate surface area is 163 Å². The number of methoxy groups -OCH3 is 2. The van der Waals surface area contributed by atoms with Crippen LogP contribution in [0.2, 0.25) is 0 Å². The molecule has 1 aliphatic heterocycles. The number of carbonyl (C=O) groups excluding carboxylic acids is 1. The molecule has 0 saturated carbocycles. The second kappa shape index (κ2) is 7.38. The van der Waals surface area contributed by atoms with Crippen LogP contribution in [-0.4, -0.2) is 47.8 Å². The summed E-state index contributed by atoms with van der Waals surface area (Å²) >= 11 is 0. The number of hydrogen-bond acceptors (Lipinski definition) is 6. The molecule has 3 aromatic rings. The van der Waals surface area contributed by atoms with Crippen LogP contribution in [0.1, 0.15) is 29.0 Å². The molecule has 0 unspecified atom stereocenters. The highest BCUT2D eigenvalue weighted by Gasteiger charge is 2.21. The van der Waals surface area contributed by atoms with Gasteiger partial charge in [0.25, 0.3) is 5.91 Å². The number of anilines is 2. The van der Waals surface area contributed by atoms with Crippen LogP contribution in [0.4, 0.5) is 11.5 Å². The van der Waals surface area contributed by atoms with Crippen molar-refractivity contribution in [3.05, 3.63) is 41.9 Å². The Bertz CT molecular complexity index is 1020. The maximum atomic E-state index is 12.8. The Morgan fingerprint density at radius 2 is 1.93 bits per heavy atom. The molecule has 8 nitrogen and oxygen atoms in total. The fourth-order valence-electron chi connectivity index (χ4n) is 3.45. The predicted octanol–water partition coefficient (Wildman–Crippen LogP) is 2.91. The average molecular weight is 381 g/mol. The number of carbonyl (C=O) groups is 1. The van der Waals surface area contributed by atoms with Crippen molar-refractivity contribution in [2.45, 2.75) is 19.8 Å². The van der Waals surface area contributed by atoms with Gasteiger partial charge in [0.2, 0.25) is 0 Å². The van der Waals surface area contributed by atoms with Gasteiger partial charge in [-0.1, -0.05) is 0 Å². The fourth-order valence-corrected chi connectivity index (χ4v) is 3.45. The normalized spacial score (nSPS) is 13.8. The van der Waals surface area contributed by atoms with E-state index in [-0.39, 0.29) is 5.91 Å². The Morgan fingerprint density at radius 1 is 1.14 bits per heavy atom. The van der Waals surface area contributed by atoms with E-state index in [4.69, 9.17) is 9.47 Å². The number of aromatic nitrogens is 3. The van der Waals surface area contributed by atoms with E-state index in [0.717, 1.165) is 43.0 Å². The Kier molecular flexibility index (Phi) is 4.77. The largest absolute Gasteiger partial charge is 0.497 e. The molecule has 0 spiro atoms. The van der Waals surface area contributed by atoms with Gasteiger partial charge < -0.3 is 19.7 Å².